The molecule has 0 spiro atoms. The van der Waals surface area contributed by atoms with Gasteiger partial charge in [-0.1, -0.05) is 12.8 Å². The predicted molar refractivity (Wildman–Crippen MR) is 67.6 cm³/mol. The van der Waals surface area contributed by atoms with Crippen LogP contribution in [0.1, 0.15) is 58.3 Å². The van der Waals surface area contributed by atoms with Gasteiger partial charge in [0.15, 0.2) is 0 Å². The van der Waals surface area contributed by atoms with Crippen LogP contribution in [0.5, 0.6) is 0 Å². The van der Waals surface area contributed by atoms with Crippen LogP contribution in [-0.2, 0) is 4.79 Å². The van der Waals surface area contributed by atoms with Gasteiger partial charge in [0, 0.05) is 19.0 Å². The maximum atomic E-state index is 12.2. The van der Waals surface area contributed by atoms with Gasteiger partial charge in [-0.2, -0.15) is 0 Å². The number of aliphatic hydroxyl groups excluding tert-OH is 1. The van der Waals surface area contributed by atoms with E-state index in [0.29, 0.717) is 17.9 Å². The molecule has 0 radical (unpaired) electrons. The maximum Gasteiger partial charge on any atom is 0.223 e. The molecule has 1 saturated carbocycles. The van der Waals surface area contributed by atoms with Crippen molar-refractivity contribution < 1.29 is 9.90 Å². The fourth-order valence-electron chi connectivity index (χ4n) is 3.38. The molecule has 2 atom stereocenters. The van der Waals surface area contributed by atoms with E-state index in [1.165, 1.54) is 25.7 Å². The minimum absolute atomic E-state index is 0.292. The van der Waals surface area contributed by atoms with E-state index in [0.717, 1.165) is 32.2 Å². The van der Waals surface area contributed by atoms with Gasteiger partial charge >= 0.3 is 0 Å². The second-order valence-electron chi connectivity index (χ2n) is 5.82. The molecular weight excluding hydrogens is 214 g/mol. The van der Waals surface area contributed by atoms with Crippen LogP contribution in [0.15, 0.2) is 0 Å². The third-order valence-electron chi connectivity index (χ3n) is 4.25. The number of nitrogens with zero attached hydrogens (tertiary/aromatic N) is 1. The molecule has 2 fully saturated rings. The van der Waals surface area contributed by atoms with Crippen LogP contribution in [0, 0.1) is 5.92 Å². The van der Waals surface area contributed by atoms with E-state index in [9.17, 15) is 9.90 Å². The summed E-state index contributed by atoms with van der Waals surface area (Å²) in [5.41, 5.74) is 0. The Labute approximate surface area is 104 Å². The third kappa shape index (κ3) is 3.44. The monoisotopic (exact) mass is 239 g/mol. The fourth-order valence-corrected chi connectivity index (χ4v) is 3.38. The number of carbonyl (C=O) groups excluding carboxylic acids is 1. The smallest absolute Gasteiger partial charge is 0.223 e. The van der Waals surface area contributed by atoms with E-state index in [4.69, 9.17) is 0 Å². The van der Waals surface area contributed by atoms with Gasteiger partial charge in [-0.15, -0.1) is 0 Å². The Morgan fingerprint density at radius 3 is 2.65 bits per heavy atom. The van der Waals surface area contributed by atoms with Gasteiger partial charge < -0.3 is 10.0 Å². The number of aliphatic hydroxyl groups is 1. The Hall–Kier alpha value is -0.570. The second kappa shape index (κ2) is 5.85. The Balaban J connectivity index is 1.84. The van der Waals surface area contributed by atoms with Crippen LogP contribution in [-0.4, -0.2) is 34.6 Å². The highest BCUT2D eigenvalue weighted by Gasteiger charge is 2.31. The first-order valence-corrected chi connectivity index (χ1v) is 7.14. The Kier molecular flexibility index (Phi) is 4.43. The number of rotatable bonds is 4. The van der Waals surface area contributed by atoms with Crippen molar-refractivity contribution in [2.75, 3.05) is 6.54 Å². The number of hydrogen-bond donors (Lipinski definition) is 1. The molecule has 2 aliphatic rings. The van der Waals surface area contributed by atoms with Crippen molar-refractivity contribution in [2.45, 2.75) is 70.4 Å². The van der Waals surface area contributed by atoms with Gasteiger partial charge in [0.2, 0.25) is 5.91 Å². The lowest BCUT2D eigenvalue weighted by atomic mass is 10.0. The van der Waals surface area contributed by atoms with E-state index >= 15 is 0 Å². The van der Waals surface area contributed by atoms with Gasteiger partial charge in [0.25, 0.3) is 0 Å². The number of hydrogen-bond acceptors (Lipinski definition) is 2. The van der Waals surface area contributed by atoms with E-state index in [1.807, 2.05) is 11.8 Å². The zero-order chi connectivity index (χ0) is 12.3. The van der Waals surface area contributed by atoms with Gasteiger partial charge in [0.1, 0.15) is 0 Å². The highest BCUT2D eigenvalue weighted by Crippen LogP contribution is 2.30. The van der Waals surface area contributed by atoms with E-state index in [-0.39, 0.29) is 6.10 Å². The minimum Gasteiger partial charge on any atom is -0.393 e. The maximum absolute atomic E-state index is 12.2. The zero-order valence-corrected chi connectivity index (χ0v) is 10.9. The molecule has 2 unspecified atom stereocenters. The Morgan fingerprint density at radius 2 is 2.00 bits per heavy atom. The van der Waals surface area contributed by atoms with Crippen LogP contribution >= 0.6 is 0 Å². The van der Waals surface area contributed by atoms with Crippen molar-refractivity contribution in [1.82, 2.24) is 4.90 Å². The Bertz CT molecular complexity index is 259. The minimum atomic E-state index is -0.292. The van der Waals surface area contributed by atoms with E-state index < -0.39 is 0 Å². The zero-order valence-electron chi connectivity index (χ0n) is 10.9. The van der Waals surface area contributed by atoms with Crippen LogP contribution in [0.3, 0.4) is 0 Å². The molecule has 1 aliphatic carbocycles. The van der Waals surface area contributed by atoms with E-state index in [2.05, 4.69) is 0 Å². The molecule has 1 N–H and O–H groups in total. The predicted octanol–water partition coefficient (Wildman–Crippen LogP) is 2.33. The normalized spacial score (nSPS) is 27.6. The van der Waals surface area contributed by atoms with Crippen molar-refractivity contribution in [2.24, 2.45) is 5.92 Å². The lowest BCUT2D eigenvalue weighted by Gasteiger charge is -2.26. The molecule has 1 saturated heterocycles. The fraction of sp³-hybridized carbons (Fsp3) is 0.929. The van der Waals surface area contributed by atoms with Crippen molar-refractivity contribution >= 4 is 5.91 Å². The molecule has 2 rings (SSSR count). The summed E-state index contributed by atoms with van der Waals surface area (Å²) in [4.78, 5) is 14.3. The first kappa shape index (κ1) is 12.9. The molecule has 3 heteroatoms. The van der Waals surface area contributed by atoms with Crippen LogP contribution < -0.4 is 0 Å². The molecule has 1 heterocycles. The summed E-state index contributed by atoms with van der Waals surface area (Å²) >= 11 is 0. The van der Waals surface area contributed by atoms with Crippen LogP contribution in [0.2, 0.25) is 0 Å². The SMILES string of the molecule is CC(O)CC1CCCN1C(=O)CC1CCCC1. The van der Waals surface area contributed by atoms with Gasteiger partial charge in [0.05, 0.1) is 6.10 Å². The second-order valence-corrected chi connectivity index (χ2v) is 5.82. The third-order valence-corrected chi connectivity index (χ3v) is 4.25. The summed E-state index contributed by atoms with van der Waals surface area (Å²) in [6.07, 6.45) is 8.45. The summed E-state index contributed by atoms with van der Waals surface area (Å²) < 4.78 is 0. The van der Waals surface area contributed by atoms with E-state index in [1.54, 1.807) is 0 Å². The molecule has 17 heavy (non-hydrogen) atoms. The van der Waals surface area contributed by atoms with Crippen molar-refractivity contribution in [1.29, 1.82) is 0 Å². The average Bonchev–Trinajstić information content (AvgIpc) is 2.87. The highest BCUT2D eigenvalue weighted by molar-refractivity contribution is 5.77. The largest absolute Gasteiger partial charge is 0.393 e. The summed E-state index contributed by atoms with van der Waals surface area (Å²) in [5, 5.41) is 9.46. The van der Waals surface area contributed by atoms with Gasteiger partial charge in [-0.3, -0.25) is 4.79 Å². The highest BCUT2D eigenvalue weighted by atomic mass is 16.3. The lowest BCUT2D eigenvalue weighted by Crippen LogP contribution is -2.37. The first-order valence-electron chi connectivity index (χ1n) is 7.14. The molecular formula is C14H25NO2. The first-order chi connectivity index (χ1) is 8.16. The summed E-state index contributed by atoms with van der Waals surface area (Å²) in [5.74, 6) is 0.968. The van der Waals surface area contributed by atoms with Gasteiger partial charge in [-0.25, -0.2) is 0 Å². The Morgan fingerprint density at radius 1 is 1.29 bits per heavy atom. The lowest BCUT2D eigenvalue weighted by molar-refractivity contribution is -0.133. The summed E-state index contributed by atoms with van der Waals surface area (Å²) in [6, 6.07) is 0.295. The number of amides is 1. The molecule has 0 aromatic carbocycles. The number of likely N-dealkylation sites (tertiary alicyclic amines) is 1. The van der Waals surface area contributed by atoms with Crippen molar-refractivity contribution in [3.63, 3.8) is 0 Å². The van der Waals surface area contributed by atoms with Crippen molar-refractivity contribution in [3.8, 4) is 0 Å². The molecule has 0 aromatic rings. The van der Waals surface area contributed by atoms with Crippen LogP contribution in [0.25, 0.3) is 0 Å². The summed E-state index contributed by atoms with van der Waals surface area (Å²) in [7, 11) is 0. The average molecular weight is 239 g/mol. The molecule has 1 amide bonds. The van der Waals surface area contributed by atoms with Crippen molar-refractivity contribution in [3.05, 3.63) is 0 Å². The van der Waals surface area contributed by atoms with Crippen LogP contribution in [0.4, 0.5) is 0 Å². The van der Waals surface area contributed by atoms with Gasteiger partial charge in [-0.05, 0) is 44.9 Å². The number of carbonyl (C=O) groups is 1. The molecule has 0 bridgehead atoms. The quantitative estimate of drug-likeness (QED) is 0.818. The molecule has 98 valence electrons. The molecule has 1 aliphatic heterocycles. The molecule has 3 nitrogen and oxygen atoms in total. The standard InChI is InChI=1S/C14H25NO2/c1-11(16)9-13-7-4-8-15(13)14(17)10-12-5-2-3-6-12/h11-13,16H,2-10H2,1H3. The summed E-state index contributed by atoms with van der Waals surface area (Å²) in [6.45, 7) is 2.72. The topological polar surface area (TPSA) is 40.5 Å². The molecule has 0 aromatic heterocycles.